The zero-order valence-electron chi connectivity index (χ0n) is 14.0. The molecule has 8 heteroatoms. The van der Waals surface area contributed by atoms with E-state index in [4.69, 9.17) is 4.74 Å². The first-order valence-corrected chi connectivity index (χ1v) is 9.36. The zero-order valence-corrected chi connectivity index (χ0v) is 14.9. The Morgan fingerprint density at radius 1 is 1.23 bits per heavy atom. The van der Waals surface area contributed by atoms with Crippen molar-refractivity contribution in [3.05, 3.63) is 0 Å². The minimum atomic E-state index is -3.52. The van der Waals surface area contributed by atoms with Crippen molar-refractivity contribution in [2.45, 2.75) is 26.3 Å². The fourth-order valence-corrected chi connectivity index (χ4v) is 3.52. The maximum atomic E-state index is 12.6. The lowest BCUT2D eigenvalue weighted by molar-refractivity contribution is -0.135. The van der Waals surface area contributed by atoms with Crippen molar-refractivity contribution < 1.29 is 17.9 Å². The van der Waals surface area contributed by atoms with Crippen LogP contribution in [0.5, 0.6) is 0 Å². The number of carbonyl (C=O) groups excluding carboxylic acids is 1. The van der Waals surface area contributed by atoms with E-state index in [1.807, 2.05) is 20.9 Å². The number of rotatable bonds is 8. The number of likely N-dealkylation sites (N-methyl/N-ethyl adjacent to an activating group) is 1. The fraction of sp³-hybridized carbons (Fsp3) is 0.929. The normalized spacial score (nSPS) is 18.7. The highest BCUT2D eigenvalue weighted by atomic mass is 32.2. The second kappa shape index (κ2) is 8.81. The van der Waals surface area contributed by atoms with Crippen molar-refractivity contribution in [2.24, 2.45) is 5.92 Å². The van der Waals surface area contributed by atoms with E-state index in [1.165, 1.54) is 7.11 Å². The number of carbonyl (C=O) groups is 1. The third-order valence-corrected chi connectivity index (χ3v) is 5.05. The molecule has 0 aromatic rings. The maximum Gasteiger partial charge on any atom is 0.240 e. The van der Waals surface area contributed by atoms with Gasteiger partial charge in [-0.2, -0.15) is 0 Å². The van der Waals surface area contributed by atoms with Crippen molar-refractivity contribution >= 4 is 15.9 Å². The molecule has 0 bridgehead atoms. The van der Waals surface area contributed by atoms with Crippen LogP contribution < -0.4 is 4.72 Å². The highest BCUT2D eigenvalue weighted by molar-refractivity contribution is 7.89. The molecule has 1 aliphatic rings. The number of methoxy groups -OCH3 is 1. The summed E-state index contributed by atoms with van der Waals surface area (Å²) >= 11 is 0. The maximum absolute atomic E-state index is 12.6. The van der Waals surface area contributed by atoms with Crippen molar-refractivity contribution in [3.8, 4) is 0 Å². The Kier molecular flexibility index (Phi) is 7.75. The fourth-order valence-electron chi connectivity index (χ4n) is 2.39. The molecule has 0 spiro atoms. The Labute approximate surface area is 134 Å². The Balaban J connectivity index is 2.72. The Hall–Kier alpha value is -0.700. The average Bonchev–Trinajstić information content (AvgIpc) is 2.44. The van der Waals surface area contributed by atoms with Gasteiger partial charge >= 0.3 is 0 Å². The van der Waals surface area contributed by atoms with E-state index < -0.39 is 16.1 Å². The van der Waals surface area contributed by atoms with Crippen molar-refractivity contribution in [1.29, 1.82) is 0 Å². The van der Waals surface area contributed by atoms with Gasteiger partial charge < -0.3 is 14.5 Å². The van der Waals surface area contributed by atoms with E-state index in [0.29, 0.717) is 19.5 Å². The summed E-state index contributed by atoms with van der Waals surface area (Å²) in [4.78, 5) is 16.6. The molecule has 1 fully saturated rings. The molecule has 1 atom stereocenters. The first kappa shape index (κ1) is 19.3. The lowest BCUT2D eigenvalue weighted by Crippen LogP contribution is -2.54. The SMILES string of the molecule is COCCS(=O)(=O)N[C@H](CC(C)C)C(=O)N1CCN(C)CC1. The summed E-state index contributed by atoms with van der Waals surface area (Å²) in [5.74, 6) is -0.0250. The number of nitrogens with zero attached hydrogens (tertiary/aromatic N) is 2. The molecule has 0 aromatic carbocycles. The van der Waals surface area contributed by atoms with Gasteiger partial charge in [-0.05, 0) is 19.4 Å². The van der Waals surface area contributed by atoms with Gasteiger partial charge in [0.05, 0.1) is 12.4 Å². The number of hydrogen-bond acceptors (Lipinski definition) is 5. The number of sulfonamides is 1. The largest absolute Gasteiger partial charge is 0.384 e. The molecule has 1 amide bonds. The van der Waals surface area contributed by atoms with E-state index in [0.717, 1.165) is 13.1 Å². The molecule has 7 nitrogen and oxygen atoms in total. The zero-order chi connectivity index (χ0) is 16.8. The van der Waals surface area contributed by atoms with Crippen LogP contribution >= 0.6 is 0 Å². The second-order valence-electron chi connectivity index (χ2n) is 6.24. The van der Waals surface area contributed by atoms with Crippen molar-refractivity contribution in [2.75, 3.05) is 52.7 Å². The lowest BCUT2D eigenvalue weighted by atomic mass is 10.0. The topological polar surface area (TPSA) is 78.9 Å². The summed E-state index contributed by atoms with van der Waals surface area (Å²) in [6, 6.07) is -0.690. The number of hydrogen-bond donors (Lipinski definition) is 1. The first-order valence-electron chi connectivity index (χ1n) is 7.71. The van der Waals surface area contributed by atoms with E-state index in [-0.39, 0.29) is 24.2 Å². The van der Waals surface area contributed by atoms with Gasteiger partial charge in [-0.15, -0.1) is 0 Å². The molecule has 1 rings (SSSR count). The van der Waals surface area contributed by atoms with Crippen LogP contribution in [0.15, 0.2) is 0 Å². The molecule has 22 heavy (non-hydrogen) atoms. The molecule has 0 unspecified atom stereocenters. The summed E-state index contributed by atoms with van der Waals surface area (Å²) < 4.78 is 31.5. The summed E-state index contributed by atoms with van der Waals surface area (Å²) in [5, 5.41) is 0. The highest BCUT2D eigenvalue weighted by Gasteiger charge is 2.30. The predicted octanol–water partition coefficient (Wildman–Crippen LogP) is -0.259. The molecule has 0 aromatic heterocycles. The van der Waals surface area contributed by atoms with Crippen molar-refractivity contribution in [3.63, 3.8) is 0 Å². The number of nitrogens with one attached hydrogen (secondary N) is 1. The molecular formula is C14H29N3O4S. The molecule has 130 valence electrons. The van der Waals surface area contributed by atoms with Crippen molar-refractivity contribution in [1.82, 2.24) is 14.5 Å². The smallest absolute Gasteiger partial charge is 0.240 e. The monoisotopic (exact) mass is 335 g/mol. The van der Waals surface area contributed by atoms with Crippen LogP contribution in [0.2, 0.25) is 0 Å². The van der Waals surface area contributed by atoms with Crippen LogP contribution in [-0.4, -0.2) is 82.9 Å². The van der Waals surface area contributed by atoms with Crippen LogP contribution in [0.1, 0.15) is 20.3 Å². The number of piperazine rings is 1. The minimum Gasteiger partial charge on any atom is -0.384 e. The Bertz CT molecular complexity index is 445. The second-order valence-corrected chi connectivity index (χ2v) is 8.11. The van der Waals surface area contributed by atoms with Gasteiger partial charge in [0.1, 0.15) is 6.04 Å². The molecule has 1 saturated heterocycles. The van der Waals surface area contributed by atoms with E-state index in [1.54, 1.807) is 4.90 Å². The van der Waals surface area contributed by atoms with Crippen LogP contribution in [-0.2, 0) is 19.6 Å². The van der Waals surface area contributed by atoms with Gasteiger partial charge in [0.15, 0.2) is 0 Å². The third kappa shape index (κ3) is 6.60. The van der Waals surface area contributed by atoms with Crippen LogP contribution in [0.3, 0.4) is 0 Å². The molecule has 1 heterocycles. The molecule has 0 radical (unpaired) electrons. The first-order chi connectivity index (χ1) is 10.2. The Morgan fingerprint density at radius 2 is 1.82 bits per heavy atom. The van der Waals surface area contributed by atoms with Crippen LogP contribution in [0.25, 0.3) is 0 Å². The number of amides is 1. The molecule has 0 saturated carbocycles. The lowest BCUT2D eigenvalue weighted by Gasteiger charge is -2.35. The minimum absolute atomic E-state index is 0.117. The van der Waals surface area contributed by atoms with E-state index in [2.05, 4.69) is 9.62 Å². The summed E-state index contributed by atoms with van der Waals surface area (Å²) in [6.07, 6.45) is 0.497. The van der Waals surface area contributed by atoms with Gasteiger partial charge in [-0.1, -0.05) is 13.8 Å². The molecule has 1 aliphatic heterocycles. The van der Waals surface area contributed by atoms with Crippen LogP contribution in [0.4, 0.5) is 0 Å². The third-order valence-electron chi connectivity index (χ3n) is 3.70. The van der Waals surface area contributed by atoms with Gasteiger partial charge in [-0.25, -0.2) is 13.1 Å². The Morgan fingerprint density at radius 3 is 2.32 bits per heavy atom. The average molecular weight is 335 g/mol. The standard InChI is InChI=1S/C14H29N3O4S/c1-12(2)11-13(15-22(19,20)10-9-21-4)14(18)17-7-5-16(3)6-8-17/h12-13,15H,5-11H2,1-4H3/t13-/m1/s1. The summed E-state index contributed by atoms with van der Waals surface area (Å²) in [6.45, 7) is 6.99. The van der Waals surface area contributed by atoms with Gasteiger partial charge in [-0.3, -0.25) is 4.79 Å². The summed E-state index contributed by atoms with van der Waals surface area (Å²) in [7, 11) is -0.0463. The predicted molar refractivity (Wildman–Crippen MR) is 86.1 cm³/mol. The molecule has 1 N–H and O–H groups in total. The molecular weight excluding hydrogens is 306 g/mol. The quantitative estimate of drug-likeness (QED) is 0.661. The van der Waals surface area contributed by atoms with E-state index in [9.17, 15) is 13.2 Å². The highest BCUT2D eigenvalue weighted by Crippen LogP contribution is 2.11. The van der Waals surface area contributed by atoms with E-state index >= 15 is 0 Å². The van der Waals surface area contributed by atoms with Gasteiger partial charge in [0.25, 0.3) is 0 Å². The van der Waals surface area contributed by atoms with Gasteiger partial charge in [0.2, 0.25) is 15.9 Å². The number of ether oxygens (including phenoxy) is 1. The van der Waals surface area contributed by atoms with Gasteiger partial charge in [0, 0.05) is 33.3 Å². The summed E-state index contributed by atoms with van der Waals surface area (Å²) in [5.41, 5.74) is 0. The van der Waals surface area contributed by atoms with Crippen LogP contribution in [0, 0.1) is 5.92 Å². The molecule has 0 aliphatic carbocycles.